The van der Waals surface area contributed by atoms with E-state index in [0.29, 0.717) is 0 Å². The summed E-state index contributed by atoms with van der Waals surface area (Å²) in [5.41, 5.74) is 0. The number of carboxylic acid groups (broad SMARTS) is 1. The Morgan fingerprint density at radius 2 is 2.00 bits per heavy atom. The van der Waals surface area contributed by atoms with Crippen LogP contribution in [0.2, 0.25) is 0 Å². The maximum Gasteiger partial charge on any atom is 0.319 e. The van der Waals surface area contributed by atoms with Crippen molar-refractivity contribution >= 4 is 11.9 Å². The van der Waals surface area contributed by atoms with Crippen LogP contribution in [-0.4, -0.2) is 29.4 Å². The van der Waals surface area contributed by atoms with E-state index in [1.807, 2.05) is 0 Å². The lowest BCUT2D eigenvalue weighted by atomic mass is 10.3. The zero-order valence-electron chi connectivity index (χ0n) is 8.77. The molecule has 1 atom stereocenters. The fraction of sp³-hybridized carbons (Fsp3) is 0.800. The highest BCUT2D eigenvalue weighted by Crippen LogP contribution is 2.22. The summed E-state index contributed by atoms with van der Waals surface area (Å²) in [5, 5.41) is 8.34. The maximum atomic E-state index is 11.0. The number of rotatable bonds is 5. The van der Waals surface area contributed by atoms with E-state index in [-0.39, 0.29) is 6.10 Å². The van der Waals surface area contributed by atoms with E-state index in [4.69, 9.17) is 14.6 Å². The molecule has 1 unspecified atom stereocenters. The summed E-state index contributed by atoms with van der Waals surface area (Å²) < 4.78 is 10.2. The predicted octanol–water partition coefficient (Wildman–Crippen LogP) is 1.31. The van der Waals surface area contributed by atoms with Gasteiger partial charge in [0, 0.05) is 0 Å². The summed E-state index contributed by atoms with van der Waals surface area (Å²) >= 11 is 0. The van der Waals surface area contributed by atoms with Crippen molar-refractivity contribution in [1.29, 1.82) is 0 Å². The van der Waals surface area contributed by atoms with Gasteiger partial charge in [-0.15, -0.1) is 0 Å². The molecule has 0 radical (unpaired) electrons. The molecule has 0 aromatic carbocycles. The van der Waals surface area contributed by atoms with Crippen molar-refractivity contribution in [2.24, 2.45) is 0 Å². The first-order valence-electron chi connectivity index (χ1n) is 5.14. The van der Waals surface area contributed by atoms with E-state index >= 15 is 0 Å². The monoisotopic (exact) mass is 216 g/mol. The first kappa shape index (κ1) is 12.0. The Labute approximate surface area is 88.4 Å². The molecule has 0 aliphatic heterocycles. The van der Waals surface area contributed by atoms with E-state index in [2.05, 4.69) is 0 Å². The Morgan fingerprint density at radius 3 is 2.53 bits per heavy atom. The third kappa shape index (κ3) is 4.78. The van der Waals surface area contributed by atoms with E-state index in [1.54, 1.807) is 6.92 Å². The lowest BCUT2D eigenvalue weighted by Gasteiger charge is -2.18. The lowest BCUT2D eigenvalue weighted by molar-refractivity contribution is -0.185. The average Bonchev–Trinajstić information content (AvgIpc) is 2.53. The fourth-order valence-electron chi connectivity index (χ4n) is 1.67. The minimum absolute atomic E-state index is 0.151. The number of hydrogen-bond donors (Lipinski definition) is 1. The largest absolute Gasteiger partial charge is 0.481 e. The van der Waals surface area contributed by atoms with Gasteiger partial charge in [-0.2, -0.15) is 0 Å². The van der Waals surface area contributed by atoms with Crippen LogP contribution in [0.15, 0.2) is 0 Å². The molecule has 86 valence electrons. The molecule has 0 heterocycles. The molecule has 5 heteroatoms. The summed E-state index contributed by atoms with van der Waals surface area (Å²) in [6, 6.07) is 0. The van der Waals surface area contributed by atoms with Crippen LogP contribution in [0.1, 0.15) is 39.0 Å². The zero-order valence-corrected chi connectivity index (χ0v) is 8.77. The molecule has 0 amide bonds. The highest BCUT2D eigenvalue weighted by Gasteiger charge is 2.20. The second-order valence-corrected chi connectivity index (χ2v) is 3.67. The smallest absolute Gasteiger partial charge is 0.319 e. The Hall–Kier alpha value is -1.10. The third-order valence-electron chi connectivity index (χ3n) is 2.28. The van der Waals surface area contributed by atoms with Crippen molar-refractivity contribution < 1.29 is 24.2 Å². The van der Waals surface area contributed by atoms with Crippen LogP contribution in [0.4, 0.5) is 0 Å². The van der Waals surface area contributed by atoms with Gasteiger partial charge in [-0.1, -0.05) is 12.8 Å². The van der Waals surface area contributed by atoms with Gasteiger partial charge >= 0.3 is 11.9 Å². The predicted molar refractivity (Wildman–Crippen MR) is 51.1 cm³/mol. The van der Waals surface area contributed by atoms with Crippen LogP contribution < -0.4 is 0 Å². The van der Waals surface area contributed by atoms with Gasteiger partial charge in [-0.3, -0.25) is 9.59 Å². The average molecular weight is 216 g/mol. The second kappa shape index (κ2) is 5.70. The summed E-state index contributed by atoms with van der Waals surface area (Å²) in [7, 11) is 0. The third-order valence-corrected chi connectivity index (χ3v) is 2.28. The first-order valence-corrected chi connectivity index (χ1v) is 5.14. The number of esters is 1. The van der Waals surface area contributed by atoms with Gasteiger partial charge in [0.05, 0.1) is 6.10 Å². The van der Waals surface area contributed by atoms with E-state index in [9.17, 15) is 9.59 Å². The molecule has 0 aromatic heterocycles. The summed E-state index contributed by atoms with van der Waals surface area (Å²) in [4.78, 5) is 21.1. The number of hydrogen-bond acceptors (Lipinski definition) is 4. The fourth-order valence-corrected chi connectivity index (χ4v) is 1.67. The molecule has 1 saturated carbocycles. The van der Waals surface area contributed by atoms with Crippen LogP contribution in [-0.2, 0) is 19.1 Å². The van der Waals surface area contributed by atoms with Crippen LogP contribution >= 0.6 is 0 Å². The van der Waals surface area contributed by atoms with Crippen molar-refractivity contribution in [3.63, 3.8) is 0 Å². The first-order chi connectivity index (χ1) is 7.08. The van der Waals surface area contributed by atoms with Crippen LogP contribution in [0.3, 0.4) is 0 Å². The number of carboxylic acids is 1. The Balaban J connectivity index is 2.19. The highest BCUT2D eigenvalue weighted by molar-refractivity contribution is 5.90. The van der Waals surface area contributed by atoms with Gasteiger partial charge < -0.3 is 14.6 Å². The summed E-state index contributed by atoms with van der Waals surface area (Å²) in [6.45, 7) is 1.61. The van der Waals surface area contributed by atoms with Crippen LogP contribution in [0.25, 0.3) is 0 Å². The maximum absolute atomic E-state index is 11.0. The number of carbonyl (C=O) groups is 2. The van der Waals surface area contributed by atoms with Gasteiger partial charge in [0.25, 0.3) is 0 Å². The Morgan fingerprint density at radius 1 is 1.40 bits per heavy atom. The van der Waals surface area contributed by atoms with Gasteiger partial charge in [0.2, 0.25) is 0 Å². The lowest BCUT2D eigenvalue weighted by Crippen LogP contribution is -2.24. The number of aliphatic carboxylic acids is 1. The molecule has 15 heavy (non-hydrogen) atoms. The number of ether oxygens (including phenoxy) is 2. The van der Waals surface area contributed by atoms with Gasteiger partial charge in [-0.25, -0.2) is 0 Å². The normalized spacial score (nSPS) is 18.7. The summed E-state index contributed by atoms with van der Waals surface area (Å²) in [5.74, 6) is -1.94. The van der Waals surface area contributed by atoms with Gasteiger partial charge in [-0.05, 0) is 19.8 Å². The van der Waals surface area contributed by atoms with Crippen molar-refractivity contribution in [2.75, 3.05) is 0 Å². The van der Waals surface area contributed by atoms with E-state index < -0.39 is 24.6 Å². The van der Waals surface area contributed by atoms with Crippen molar-refractivity contribution in [1.82, 2.24) is 0 Å². The summed E-state index contributed by atoms with van der Waals surface area (Å²) in [6.07, 6.45) is 3.14. The minimum atomic E-state index is -1.19. The van der Waals surface area contributed by atoms with E-state index in [0.717, 1.165) is 25.7 Å². The minimum Gasteiger partial charge on any atom is -0.481 e. The molecule has 1 aliphatic rings. The molecule has 0 spiro atoms. The standard InChI is InChI=1S/C10H16O5/c1-7(14-8-4-2-3-5-8)15-10(13)6-9(11)12/h7-8H,2-6H2,1H3,(H,11,12). The molecule has 0 saturated heterocycles. The molecule has 0 aromatic rings. The zero-order chi connectivity index (χ0) is 11.3. The molecule has 5 nitrogen and oxygen atoms in total. The second-order valence-electron chi connectivity index (χ2n) is 3.67. The molecule has 1 N–H and O–H groups in total. The molecular weight excluding hydrogens is 200 g/mol. The van der Waals surface area contributed by atoms with Gasteiger partial charge in [0.1, 0.15) is 6.42 Å². The highest BCUT2D eigenvalue weighted by atomic mass is 16.7. The molecule has 0 bridgehead atoms. The van der Waals surface area contributed by atoms with Gasteiger partial charge in [0.15, 0.2) is 6.29 Å². The van der Waals surface area contributed by atoms with Crippen LogP contribution in [0, 0.1) is 0 Å². The Bertz CT molecular complexity index is 232. The van der Waals surface area contributed by atoms with Crippen LogP contribution in [0.5, 0.6) is 0 Å². The Kier molecular flexibility index (Phi) is 4.55. The quantitative estimate of drug-likeness (QED) is 0.426. The molecule has 1 aliphatic carbocycles. The SMILES string of the molecule is CC(OC(=O)CC(=O)O)OC1CCCC1. The molecule has 1 rings (SSSR count). The van der Waals surface area contributed by atoms with Crippen molar-refractivity contribution in [3.05, 3.63) is 0 Å². The molecule has 1 fully saturated rings. The molecular formula is C10H16O5. The van der Waals surface area contributed by atoms with Crippen molar-refractivity contribution in [2.45, 2.75) is 51.4 Å². The topological polar surface area (TPSA) is 72.8 Å². The van der Waals surface area contributed by atoms with E-state index in [1.165, 1.54) is 0 Å². The number of carbonyl (C=O) groups excluding carboxylic acids is 1. The van der Waals surface area contributed by atoms with Crippen molar-refractivity contribution in [3.8, 4) is 0 Å².